The zero-order valence-corrected chi connectivity index (χ0v) is 13.5. The molecule has 1 aliphatic heterocycles. The number of hydrogen-bond donors (Lipinski definition) is 2. The summed E-state index contributed by atoms with van der Waals surface area (Å²) in [4.78, 5) is 5.60. The number of likely N-dealkylation sites (N-methyl/N-ethyl adjacent to an activating group) is 2. The van der Waals surface area contributed by atoms with E-state index < -0.39 is 10.0 Å². The molecule has 1 fully saturated rings. The van der Waals surface area contributed by atoms with Crippen LogP contribution in [0.5, 0.6) is 0 Å². The summed E-state index contributed by atoms with van der Waals surface area (Å²) >= 11 is 1.38. The Hall–Kier alpha value is -0.510. The second-order valence-corrected chi connectivity index (χ2v) is 7.96. The summed E-state index contributed by atoms with van der Waals surface area (Å²) in [5.74, 6) is 0. The second-order valence-electron chi connectivity index (χ2n) is 5.20. The first kappa shape index (κ1) is 15.9. The average Bonchev–Trinajstić information content (AvgIpc) is 2.89. The lowest BCUT2D eigenvalue weighted by atomic mass is 10.2. The predicted octanol–water partition coefficient (Wildman–Crippen LogP) is -0.269. The quantitative estimate of drug-likeness (QED) is 0.781. The molecule has 6 nitrogen and oxygen atoms in total. The lowest BCUT2D eigenvalue weighted by Gasteiger charge is -2.37. The number of nitrogens with zero attached hydrogens (tertiary/aromatic N) is 2. The largest absolute Gasteiger partial charge is 0.326 e. The van der Waals surface area contributed by atoms with Gasteiger partial charge >= 0.3 is 0 Å². The van der Waals surface area contributed by atoms with E-state index in [4.69, 9.17) is 5.73 Å². The summed E-state index contributed by atoms with van der Waals surface area (Å²) in [6.07, 6.45) is 0. The Morgan fingerprint density at radius 1 is 1.45 bits per heavy atom. The van der Waals surface area contributed by atoms with Gasteiger partial charge in [0.1, 0.15) is 0 Å². The molecule has 8 heteroatoms. The zero-order valence-electron chi connectivity index (χ0n) is 11.9. The van der Waals surface area contributed by atoms with Crippen LogP contribution in [0.1, 0.15) is 4.88 Å². The number of sulfonamides is 1. The number of nitrogens with one attached hydrogen (secondary N) is 1. The minimum Gasteiger partial charge on any atom is -0.326 e. The van der Waals surface area contributed by atoms with E-state index in [1.54, 1.807) is 11.4 Å². The van der Waals surface area contributed by atoms with Crippen LogP contribution in [0.2, 0.25) is 0 Å². The number of thiophene rings is 1. The molecule has 0 bridgehead atoms. The Labute approximate surface area is 124 Å². The molecule has 114 valence electrons. The lowest BCUT2D eigenvalue weighted by molar-refractivity contribution is 0.117. The molecule has 1 aromatic heterocycles. The first-order chi connectivity index (χ1) is 9.42. The molecule has 0 aromatic carbocycles. The summed E-state index contributed by atoms with van der Waals surface area (Å²) in [5, 5.41) is 1.64. The predicted molar refractivity (Wildman–Crippen MR) is 81.3 cm³/mol. The summed E-state index contributed by atoms with van der Waals surface area (Å²) in [5.41, 5.74) is 5.51. The van der Waals surface area contributed by atoms with Gasteiger partial charge in [0.25, 0.3) is 0 Å². The SMILES string of the molecule is CN1CCN(C)C(CNS(=O)(=O)c2csc(CN)c2)C1. The van der Waals surface area contributed by atoms with Crippen LogP contribution in [0.25, 0.3) is 0 Å². The Balaban J connectivity index is 1.98. The van der Waals surface area contributed by atoms with E-state index in [-0.39, 0.29) is 6.04 Å². The van der Waals surface area contributed by atoms with Gasteiger partial charge in [0, 0.05) is 49.0 Å². The van der Waals surface area contributed by atoms with Gasteiger partial charge in [0.05, 0.1) is 4.90 Å². The molecule has 0 amide bonds. The van der Waals surface area contributed by atoms with Crippen molar-refractivity contribution in [1.29, 1.82) is 0 Å². The van der Waals surface area contributed by atoms with Gasteiger partial charge in [-0.3, -0.25) is 4.90 Å². The van der Waals surface area contributed by atoms with Crippen molar-refractivity contribution in [3.05, 3.63) is 16.3 Å². The maximum atomic E-state index is 12.2. The third kappa shape index (κ3) is 3.78. The van der Waals surface area contributed by atoms with Gasteiger partial charge in [-0.1, -0.05) is 0 Å². The topological polar surface area (TPSA) is 78.7 Å². The van der Waals surface area contributed by atoms with Gasteiger partial charge in [0.2, 0.25) is 10.0 Å². The van der Waals surface area contributed by atoms with Gasteiger partial charge in [-0.25, -0.2) is 13.1 Å². The molecule has 20 heavy (non-hydrogen) atoms. The third-order valence-corrected chi connectivity index (χ3v) is 6.14. The van der Waals surface area contributed by atoms with E-state index in [1.165, 1.54) is 11.3 Å². The van der Waals surface area contributed by atoms with Crippen LogP contribution >= 0.6 is 11.3 Å². The molecule has 1 atom stereocenters. The van der Waals surface area contributed by atoms with Crippen LogP contribution in [0.4, 0.5) is 0 Å². The molecule has 1 aromatic rings. The van der Waals surface area contributed by atoms with E-state index in [1.807, 2.05) is 7.05 Å². The molecule has 2 rings (SSSR count). The number of hydrogen-bond acceptors (Lipinski definition) is 6. The number of rotatable bonds is 5. The zero-order chi connectivity index (χ0) is 14.8. The minimum absolute atomic E-state index is 0.205. The van der Waals surface area contributed by atoms with Crippen LogP contribution in [-0.4, -0.2) is 64.5 Å². The molecule has 3 N–H and O–H groups in total. The van der Waals surface area contributed by atoms with Gasteiger partial charge < -0.3 is 10.6 Å². The van der Waals surface area contributed by atoms with E-state index in [2.05, 4.69) is 21.6 Å². The standard InChI is InChI=1S/C12H22N4O2S2/c1-15-3-4-16(2)10(8-15)7-14-20(17,18)12-5-11(6-13)19-9-12/h5,9-10,14H,3-4,6-8,13H2,1-2H3. The van der Waals surface area contributed by atoms with Gasteiger partial charge in [-0.2, -0.15) is 0 Å². The molecule has 0 saturated carbocycles. The van der Waals surface area contributed by atoms with Crippen molar-refractivity contribution in [3.8, 4) is 0 Å². The highest BCUT2D eigenvalue weighted by Crippen LogP contribution is 2.18. The van der Waals surface area contributed by atoms with Crippen molar-refractivity contribution in [1.82, 2.24) is 14.5 Å². The molecular formula is C12H22N4O2S2. The van der Waals surface area contributed by atoms with Crippen molar-refractivity contribution in [3.63, 3.8) is 0 Å². The Kier molecular flexibility index (Phi) is 5.16. The van der Waals surface area contributed by atoms with Crippen LogP contribution < -0.4 is 10.5 Å². The van der Waals surface area contributed by atoms with Crippen molar-refractivity contribution < 1.29 is 8.42 Å². The summed E-state index contributed by atoms with van der Waals surface area (Å²) in [6, 6.07) is 1.85. The first-order valence-corrected chi connectivity index (χ1v) is 8.94. The second kappa shape index (κ2) is 6.50. The maximum absolute atomic E-state index is 12.2. The lowest BCUT2D eigenvalue weighted by Crippen LogP contribution is -2.54. The van der Waals surface area contributed by atoms with Gasteiger partial charge in [-0.05, 0) is 20.2 Å². The monoisotopic (exact) mass is 318 g/mol. The molecular weight excluding hydrogens is 296 g/mol. The van der Waals surface area contributed by atoms with Crippen molar-refractivity contribution in [2.75, 3.05) is 40.3 Å². The van der Waals surface area contributed by atoms with Crippen LogP contribution in [0.3, 0.4) is 0 Å². The molecule has 1 unspecified atom stereocenters. The third-order valence-electron chi connectivity index (χ3n) is 3.63. The van der Waals surface area contributed by atoms with Gasteiger partial charge in [0.15, 0.2) is 0 Å². The number of nitrogens with two attached hydrogens (primary N) is 1. The molecule has 0 aliphatic carbocycles. The fraction of sp³-hybridized carbons (Fsp3) is 0.667. The van der Waals surface area contributed by atoms with Crippen molar-refractivity contribution in [2.24, 2.45) is 5.73 Å². The fourth-order valence-electron chi connectivity index (χ4n) is 2.22. The van der Waals surface area contributed by atoms with Crippen molar-refractivity contribution >= 4 is 21.4 Å². The molecule has 0 radical (unpaired) electrons. The van der Waals surface area contributed by atoms with Gasteiger partial charge in [-0.15, -0.1) is 11.3 Å². The molecule has 2 heterocycles. The van der Waals surface area contributed by atoms with E-state index in [9.17, 15) is 8.42 Å². The first-order valence-electron chi connectivity index (χ1n) is 6.58. The number of piperazine rings is 1. The maximum Gasteiger partial charge on any atom is 0.241 e. The van der Waals surface area contributed by atoms with Crippen LogP contribution in [0, 0.1) is 0 Å². The normalized spacial score (nSPS) is 22.2. The Bertz CT molecular complexity index is 543. The summed E-state index contributed by atoms with van der Waals surface area (Å²) in [7, 11) is 0.657. The highest BCUT2D eigenvalue weighted by Gasteiger charge is 2.24. The smallest absolute Gasteiger partial charge is 0.241 e. The fourth-order valence-corrected chi connectivity index (χ4v) is 4.45. The van der Waals surface area contributed by atoms with E-state index in [0.29, 0.717) is 18.0 Å². The Morgan fingerprint density at radius 3 is 2.85 bits per heavy atom. The highest BCUT2D eigenvalue weighted by atomic mass is 32.2. The van der Waals surface area contributed by atoms with Crippen molar-refractivity contribution in [2.45, 2.75) is 17.5 Å². The summed E-state index contributed by atoms with van der Waals surface area (Å²) in [6.45, 7) is 3.65. The average molecular weight is 318 g/mol. The molecule has 0 spiro atoms. The summed E-state index contributed by atoms with van der Waals surface area (Å²) < 4.78 is 27.1. The van der Waals surface area contributed by atoms with E-state index >= 15 is 0 Å². The molecule has 1 aliphatic rings. The Morgan fingerprint density at radius 2 is 2.20 bits per heavy atom. The van der Waals surface area contributed by atoms with Crippen LogP contribution in [0.15, 0.2) is 16.3 Å². The highest BCUT2D eigenvalue weighted by molar-refractivity contribution is 7.89. The molecule has 1 saturated heterocycles. The van der Waals surface area contributed by atoms with Crippen LogP contribution in [-0.2, 0) is 16.6 Å². The minimum atomic E-state index is -3.43. The van der Waals surface area contributed by atoms with E-state index in [0.717, 1.165) is 24.5 Å².